The van der Waals surface area contributed by atoms with Gasteiger partial charge in [0.25, 0.3) is 5.91 Å². The van der Waals surface area contributed by atoms with Crippen LogP contribution in [0.2, 0.25) is 0 Å². The molecule has 18 heavy (non-hydrogen) atoms. The molecule has 1 atom stereocenters. The summed E-state index contributed by atoms with van der Waals surface area (Å²) < 4.78 is 13.5. The van der Waals surface area contributed by atoms with Gasteiger partial charge >= 0.3 is 0 Å². The first-order valence-corrected chi connectivity index (χ1v) is 6.17. The van der Waals surface area contributed by atoms with Crippen molar-refractivity contribution in [3.05, 3.63) is 29.6 Å². The molecule has 1 aromatic carbocycles. The number of hydrogen-bond acceptors (Lipinski definition) is 3. The molecule has 4 nitrogen and oxygen atoms in total. The number of nitrogens with one attached hydrogen (secondary N) is 2. The minimum absolute atomic E-state index is 0.0305. The number of hydrogen-bond donors (Lipinski definition) is 3. The zero-order chi connectivity index (χ0) is 13.0. The molecule has 1 aliphatic heterocycles. The van der Waals surface area contributed by atoms with Crippen LogP contribution >= 0.6 is 0 Å². The monoisotopic (exact) mass is 252 g/mol. The van der Waals surface area contributed by atoms with E-state index >= 15 is 0 Å². The molecular formula is C13H17FN2O2. The highest BCUT2D eigenvalue weighted by molar-refractivity contribution is 5.94. The quantitative estimate of drug-likeness (QED) is 0.745. The van der Waals surface area contributed by atoms with Crippen LogP contribution in [0.5, 0.6) is 5.75 Å². The number of phenolic OH excluding ortho intramolecular Hbond substituents is 1. The van der Waals surface area contributed by atoms with Crippen molar-refractivity contribution >= 4 is 5.91 Å². The fourth-order valence-corrected chi connectivity index (χ4v) is 2.09. The van der Waals surface area contributed by atoms with Crippen LogP contribution in [0, 0.1) is 5.82 Å². The maximum absolute atomic E-state index is 13.5. The Labute approximate surface area is 105 Å². The number of carbonyl (C=O) groups is 1. The second-order valence-electron chi connectivity index (χ2n) is 4.53. The average molecular weight is 252 g/mol. The number of halogens is 1. The third kappa shape index (κ3) is 3.20. The second kappa shape index (κ2) is 5.82. The number of benzene rings is 1. The summed E-state index contributed by atoms with van der Waals surface area (Å²) in [4.78, 5) is 11.9. The second-order valence-corrected chi connectivity index (χ2v) is 4.53. The van der Waals surface area contributed by atoms with Crippen LogP contribution in [-0.4, -0.2) is 30.1 Å². The van der Waals surface area contributed by atoms with Crippen molar-refractivity contribution in [2.75, 3.05) is 13.1 Å². The third-order valence-electron chi connectivity index (χ3n) is 3.08. The Morgan fingerprint density at radius 2 is 2.28 bits per heavy atom. The van der Waals surface area contributed by atoms with Gasteiger partial charge in [-0.2, -0.15) is 0 Å². The predicted molar refractivity (Wildman–Crippen MR) is 66.0 cm³/mol. The third-order valence-corrected chi connectivity index (χ3v) is 3.08. The zero-order valence-electron chi connectivity index (χ0n) is 10.1. The Bertz CT molecular complexity index is 429. The molecule has 1 unspecified atom stereocenters. The Morgan fingerprint density at radius 3 is 3.06 bits per heavy atom. The molecule has 0 aliphatic carbocycles. The van der Waals surface area contributed by atoms with Crippen molar-refractivity contribution in [3.8, 4) is 5.75 Å². The molecule has 1 heterocycles. The van der Waals surface area contributed by atoms with Crippen LogP contribution in [0.15, 0.2) is 18.2 Å². The molecule has 0 radical (unpaired) electrons. The highest BCUT2D eigenvalue weighted by Crippen LogP contribution is 2.15. The van der Waals surface area contributed by atoms with Gasteiger partial charge in [-0.1, -0.05) is 6.42 Å². The first kappa shape index (κ1) is 12.8. The Morgan fingerprint density at radius 1 is 1.44 bits per heavy atom. The molecule has 0 bridgehead atoms. The minimum atomic E-state index is -0.700. The lowest BCUT2D eigenvalue weighted by Gasteiger charge is -2.16. The van der Waals surface area contributed by atoms with E-state index in [0.717, 1.165) is 31.9 Å². The molecule has 0 saturated carbocycles. The van der Waals surface area contributed by atoms with E-state index in [2.05, 4.69) is 10.6 Å². The van der Waals surface area contributed by atoms with Crippen molar-refractivity contribution < 1.29 is 14.3 Å². The van der Waals surface area contributed by atoms with Crippen molar-refractivity contribution in [2.45, 2.75) is 25.3 Å². The Kier molecular flexibility index (Phi) is 4.15. The van der Waals surface area contributed by atoms with Gasteiger partial charge in [-0.25, -0.2) is 4.39 Å². The van der Waals surface area contributed by atoms with E-state index in [9.17, 15) is 9.18 Å². The highest BCUT2D eigenvalue weighted by atomic mass is 19.1. The van der Waals surface area contributed by atoms with Gasteiger partial charge < -0.3 is 15.7 Å². The molecule has 1 fully saturated rings. The maximum Gasteiger partial charge on any atom is 0.254 e. The fraction of sp³-hybridized carbons (Fsp3) is 0.462. The van der Waals surface area contributed by atoms with Crippen molar-refractivity contribution in [1.82, 2.24) is 10.6 Å². The van der Waals surface area contributed by atoms with Crippen LogP contribution in [-0.2, 0) is 0 Å². The van der Waals surface area contributed by atoms with E-state index in [0.29, 0.717) is 6.54 Å². The van der Waals surface area contributed by atoms with Gasteiger partial charge in [0.15, 0.2) is 0 Å². The lowest BCUT2D eigenvalue weighted by Crippen LogP contribution is -2.41. The van der Waals surface area contributed by atoms with Crippen LogP contribution in [0.1, 0.15) is 29.6 Å². The first-order valence-electron chi connectivity index (χ1n) is 6.17. The van der Waals surface area contributed by atoms with Crippen LogP contribution < -0.4 is 10.6 Å². The number of amides is 1. The molecule has 5 heteroatoms. The predicted octanol–water partition coefficient (Wildman–Crippen LogP) is 1.40. The lowest BCUT2D eigenvalue weighted by molar-refractivity contribution is 0.0931. The molecule has 3 N–H and O–H groups in total. The van der Waals surface area contributed by atoms with E-state index in [4.69, 9.17) is 5.11 Å². The molecule has 0 aromatic heterocycles. The van der Waals surface area contributed by atoms with E-state index in [1.165, 1.54) is 12.1 Å². The molecule has 1 aromatic rings. The van der Waals surface area contributed by atoms with Crippen LogP contribution in [0.25, 0.3) is 0 Å². The summed E-state index contributed by atoms with van der Waals surface area (Å²) in [5, 5.41) is 15.1. The van der Waals surface area contributed by atoms with E-state index in [1.54, 1.807) is 0 Å². The zero-order valence-corrected chi connectivity index (χ0v) is 10.1. The molecule has 2 rings (SSSR count). The summed E-state index contributed by atoms with van der Waals surface area (Å²) in [6.07, 6.45) is 3.05. The normalized spacial score (nSPS) is 20.2. The molecule has 1 saturated heterocycles. The van der Waals surface area contributed by atoms with Gasteiger partial charge in [-0.3, -0.25) is 4.79 Å². The summed E-state index contributed by atoms with van der Waals surface area (Å²) in [6, 6.07) is 3.58. The molecule has 1 aliphatic rings. The van der Waals surface area contributed by atoms with E-state index < -0.39 is 11.7 Å². The van der Waals surface area contributed by atoms with E-state index in [1.807, 2.05) is 0 Å². The molecule has 0 spiro atoms. The van der Waals surface area contributed by atoms with Crippen molar-refractivity contribution in [2.24, 2.45) is 0 Å². The number of phenols is 1. The van der Waals surface area contributed by atoms with Crippen LogP contribution in [0.4, 0.5) is 4.39 Å². The summed E-state index contributed by atoms with van der Waals surface area (Å²) in [5.74, 6) is -1.31. The fourth-order valence-electron chi connectivity index (χ4n) is 2.09. The molecule has 98 valence electrons. The largest absolute Gasteiger partial charge is 0.508 e. The Balaban J connectivity index is 2.02. The highest BCUT2D eigenvalue weighted by Gasteiger charge is 2.18. The van der Waals surface area contributed by atoms with Gasteiger partial charge in [0.1, 0.15) is 11.6 Å². The molecular weight excluding hydrogens is 235 g/mol. The van der Waals surface area contributed by atoms with Gasteiger partial charge in [0, 0.05) is 18.7 Å². The number of aromatic hydroxyl groups is 1. The van der Waals surface area contributed by atoms with Gasteiger partial charge in [0.2, 0.25) is 0 Å². The summed E-state index contributed by atoms with van der Waals surface area (Å²) in [5.41, 5.74) is -0.0305. The minimum Gasteiger partial charge on any atom is -0.508 e. The summed E-state index contributed by atoms with van der Waals surface area (Å²) in [7, 11) is 0. The standard InChI is InChI=1S/C13H17FN2O2/c14-12-7-10(17)4-5-11(12)13(18)16-9-3-1-2-6-15-8-9/h4-5,7,9,15,17H,1-3,6,8H2,(H,16,18). The lowest BCUT2D eigenvalue weighted by atomic mass is 10.1. The van der Waals surface area contributed by atoms with E-state index in [-0.39, 0.29) is 17.4 Å². The number of carbonyl (C=O) groups excluding carboxylic acids is 1. The van der Waals surface area contributed by atoms with Crippen LogP contribution in [0.3, 0.4) is 0 Å². The van der Waals surface area contributed by atoms with Crippen molar-refractivity contribution in [1.29, 1.82) is 0 Å². The van der Waals surface area contributed by atoms with Gasteiger partial charge in [-0.15, -0.1) is 0 Å². The SMILES string of the molecule is O=C(NC1CCCCNC1)c1ccc(O)cc1F. The van der Waals surface area contributed by atoms with Gasteiger partial charge in [0.05, 0.1) is 5.56 Å². The Hall–Kier alpha value is -1.62. The smallest absolute Gasteiger partial charge is 0.254 e. The molecule has 1 amide bonds. The first-order chi connectivity index (χ1) is 8.66. The summed E-state index contributed by atoms with van der Waals surface area (Å²) >= 11 is 0. The maximum atomic E-state index is 13.5. The topological polar surface area (TPSA) is 61.4 Å². The average Bonchev–Trinajstić information content (AvgIpc) is 2.57. The number of rotatable bonds is 2. The van der Waals surface area contributed by atoms with Gasteiger partial charge in [-0.05, 0) is 31.5 Å². The summed E-state index contributed by atoms with van der Waals surface area (Å²) in [6.45, 7) is 1.67. The van der Waals surface area contributed by atoms with Crippen molar-refractivity contribution in [3.63, 3.8) is 0 Å².